The number of aromatic nitrogens is 1. The van der Waals surface area contributed by atoms with Crippen molar-refractivity contribution in [1.82, 2.24) is 9.88 Å². The molecule has 3 rings (SSSR count). The number of rotatable bonds is 3. The summed E-state index contributed by atoms with van der Waals surface area (Å²) in [4.78, 5) is 25.2. The monoisotopic (exact) mass is 367 g/mol. The normalized spacial score (nSPS) is 19.0. The van der Waals surface area contributed by atoms with Gasteiger partial charge in [0.1, 0.15) is 23.3 Å². The number of halogens is 2. The van der Waals surface area contributed by atoms with E-state index in [2.05, 4.69) is 5.32 Å². The van der Waals surface area contributed by atoms with Gasteiger partial charge in [0.25, 0.3) is 0 Å². The molecule has 1 aromatic carbocycles. The van der Waals surface area contributed by atoms with E-state index in [0.717, 1.165) is 16.8 Å². The summed E-state index contributed by atoms with van der Waals surface area (Å²) in [5, 5.41) is 21.8. The molecular weight excluding hydrogens is 348 g/mol. The molecule has 0 saturated carbocycles. The third-order valence-corrected chi connectivity index (χ3v) is 4.50. The molecule has 2 heterocycles. The van der Waals surface area contributed by atoms with Gasteiger partial charge in [0.05, 0.1) is 10.9 Å². The fourth-order valence-electron chi connectivity index (χ4n) is 3.30. The molecule has 140 valence electrons. The molecule has 1 aliphatic rings. The van der Waals surface area contributed by atoms with Crippen molar-refractivity contribution < 1.29 is 23.8 Å². The second-order valence-corrected chi connectivity index (χ2v) is 6.43. The van der Waals surface area contributed by atoms with Crippen LogP contribution in [0, 0.1) is 11.6 Å². The first-order valence-corrected chi connectivity index (χ1v) is 8.19. The molecule has 7 nitrogen and oxygen atoms in total. The highest BCUT2D eigenvalue weighted by Gasteiger charge is 2.27. The number of pyridine rings is 1. The number of hydrogen-bond donors (Lipinski definition) is 3. The first kappa shape index (κ1) is 18.3. The molecule has 9 heteroatoms. The number of benzene rings is 1. The smallest absolute Gasteiger partial charge is 0.341 e. The summed E-state index contributed by atoms with van der Waals surface area (Å²) >= 11 is 0. The lowest BCUT2D eigenvalue weighted by molar-refractivity contribution is 0.0692. The first-order chi connectivity index (χ1) is 12.2. The summed E-state index contributed by atoms with van der Waals surface area (Å²) in [5.41, 5.74) is -2.27. The van der Waals surface area contributed by atoms with Gasteiger partial charge in [-0.1, -0.05) is 0 Å². The van der Waals surface area contributed by atoms with Crippen LogP contribution in [-0.2, 0) is 0 Å². The molecule has 3 N–H and O–H groups in total. The van der Waals surface area contributed by atoms with Gasteiger partial charge < -0.3 is 25.0 Å². The van der Waals surface area contributed by atoms with Crippen molar-refractivity contribution in [2.75, 3.05) is 24.5 Å². The van der Waals surface area contributed by atoms with Crippen molar-refractivity contribution in [2.45, 2.75) is 26.1 Å². The number of nitrogens with zero attached hydrogens (tertiary/aromatic N) is 2. The van der Waals surface area contributed by atoms with Crippen LogP contribution in [0.2, 0.25) is 0 Å². The number of hydrogen-bond acceptors (Lipinski definition) is 5. The Balaban J connectivity index is 2.35. The number of anilines is 1. The minimum atomic E-state index is -1.54. The second kappa shape index (κ2) is 6.65. The number of piperazine rings is 1. The molecule has 1 fully saturated rings. The fraction of sp³-hybridized carbons (Fsp3) is 0.412. The number of aliphatic hydroxyl groups excluding tert-OH is 1. The SMILES string of the molecule is CC1CN(c2c(F)cc3c(=O)c(C(=O)O)cn(C(C)O)c3c2F)CCN1. The molecule has 0 aliphatic carbocycles. The minimum absolute atomic E-state index is 0.0200. The summed E-state index contributed by atoms with van der Waals surface area (Å²) in [6.07, 6.45) is -0.436. The maximum absolute atomic E-state index is 15.3. The van der Waals surface area contributed by atoms with E-state index in [1.807, 2.05) is 6.92 Å². The maximum atomic E-state index is 15.3. The summed E-state index contributed by atoms with van der Waals surface area (Å²) in [7, 11) is 0. The van der Waals surface area contributed by atoms with Crippen LogP contribution in [0.3, 0.4) is 0 Å². The number of aromatic carboxylic acids is 1. The third kappa shape index (κ3) is 2.93. The highest BCUT2D eigenvalue weighted by molar-refractivity contribution is 5.94. The van der Waals surface area contributed by atoms with Crippen molar-refractivity contribution in [1.29, 1.82) is 0 Å². The molecule has 1 saturated heterocycles. The van der Waals surface area contributed by atoms with Crippen LogP contribution in [0.15, 0.2) is 17.1 Å². The molecule has 2 unspecified atom stereocenters. The van der Waals surface area contributed by atoms with E-state index < -0.39 is 40.2 Å². The van der Waals surface area contributed by atoms with Crippen LogP contribution in [-0.4, -0.2) is 46.4 Å². The Bertz CT molecular complexity index is 942. The molecule has 1 aromatic heterocycles. The molecule has 2 aromatic rings. The Kier molecular flexibility index (Phi) is 4.68. The van der Waals surface area contributed by atoms with Gasteiger partial charge in [-0.3, -0.25) is 4.79 Å². The number of nitrogens with one attached hydrogen (secondary N) is 1. The lowest BCUT2D eigenvalue weighted by atomic mass is 10.1. The number of carboxylic acids is 1. The van der Waals surface area contributed by atoms with E-state index in [4.69, 9.17) is 5.11 Å². The van der Waals surface area contributed by atoms with E-state index in [1.165, 1.54) is 11.8 Å². The number of fused-ring (bicyclic) bond motifs is 1. The average molecular weight is 367 g/mol. The van der Waals surface area contributed by atoms with Crippen LogP contribution < -0.4 is 15.6 Å². The predicted octanol–water partition coefficient (Wildman–Crippen LogP) is 1.29. The van der Waals surface area contributed by atoms with Crippen LogP contribution in [0.4, 0.5) is 14.5 Å². The summed E-state index contributed by atoms with van der Waals surface area (Å²) < 4.78 is 30.9. The maximum Gasteiger partial charge on any atom is 0.341 e. The van der Waals surface area contributed by atoms with Crippen LogP contribution >= 0.6 is 0 Å². The van der Waals surface area contributed by atoms with Gasteiger partial charge in [0.2, 0.25) is 5.43 Å². The van der Waals surface area contributed by atoms with Crippen LogP contribution in [0.5, 0.6) is 0 Å². The molecule has 0 bridgehead atoms. The molecule has 0 radical (unpaired) electrons. The van der Waals surface area contributed by atoms with Gasteiger partial charge in [-0.2, -0.15) is 0 Å². The summed E-state index contributed by atoms with van der Waals surface area (Å²) in [6, 6.07) is 0.861. The van der Waals surface area contributed by atoms with E-state index in [9.17, 15) is 19.1 Å². The third-order valence-electron chi connectivity index (χ3n) is 4.50. The average Bonchev–Trinajstić information content (AvgIpc) is 2.55. The lowest BCUT2D eigenvalue weighted by Gasteiger charge is -2.34. The van der Waals surface area contributed by atoms with Gasteiger partial charge in [-0.05, 0) is 19.9 Å². The Morgan fingerprint density at radius 1 is 1.42 bits per heavy atom. The lowest BCUT2D eigenvalue weighted by Crippen LogP contribution is -2.49. The number of aliphatic hydroxyl groups is 1. The van der Waals surface area contributed by atoms with Crippen molar-refractivity contribution in [3.63, 3.8) is 0 Å². The Hall–Kier alpha value is -2.52. The van der Waals surface area contributed by atoms with Crippen molar-refractivity contribution in [2.24, 2.45) is 0 Å². The molecular formula is C17H19F2N3O4. The quantitative estimate of drug-likeness (QED) is 0.757. The van der Waals surface area contributed by atoms with Crippen LogP contribution in [0.25, 0.3) is 10.9 Å². The summed E-state index contributed by atoms with van der Waals surface area (Å²) in [6.45, 7) is 4.46. The van der Waals surface area contributed by atoms with Gasteiger partial charge in [0, 0.05) is 31.9 Å². The number of carbonyl (C=O) groups is 1. The van der Waals surface area contributed by atoms with Gasteiger partial charge in [-0.25, -0.2) is 13.6 Å². The zero-order chi connectivity index (χ0) is 19.2. The fourth-order valence-corrected chi connectivity index (χ4v) is 3.30. The predicted molar refractivity (Wildman–Crippen MR) is 91.7 cm³/mol. The molecule has 1 aliphatic heterocycles. The van der Waals surface area contributed by atoms with E-state index in [1.54, 1.807) is 0 Å². The summed E-state index contributed by atoms with van der Waals surface area (Å²) in [5.74, 6) is -3.47. The van der Waals surface area contributed by atoms with E-state index in [0.29, 0.717) is 19.6 Å². The zero-order valence-corrected chi connectivity index (χ0v) is 14.3. The highest BCUT2D eigenvalue weighted by Crippen LogP contribution is 2.31. The van der Waals surface area contributed by atoms with E-state index in [-0.39, 0.29) is 17.2 Å². The molecule has 0 amide bonds. The highest BCUT2D eigenvalue weighted by atomic mass is 19.1. The molecule has 2 atom stereocenters. The number of carboxylic acid groups (broad SMARTS) is 1. The Morgan fingerprint density at radius 3 is 2.69 bits per heavy atom. The first-order valence-electron chi connectivity index (χ1n) is 8.19. The van der Waals surface area contributed by atoms with Crippen molar-refractivity contribution in [3.05, 3.63) is 39.7 Å². The van der Waals surface area contributed by atoms with Gasteiger partial charge >= 0.3 is 5.97 Å². The Labute approximate surface area is 147 Å². The largest absolute Gasteiger partial charge is 0.477 e. The van der Waals surface area contributed by atoms with Gasteiger partial charge in [0.15, 0.2) is 5.82 Å². The zero-order valence-electron chi connectivity index (χ0n) is 14.3. The van der Waals surface area contributed by atoms with E-state index >= 15 is 4.39 Å². The Morgan fingerprint density at radius 2 is 2.12 bits per heavy atom. The van der Waals surface area contributed by atoms with Gasteiger partial charge in [-0.15, -0.1) is 0 Å². The van der Waals surface area contributed by atoms with Crippen molar-refractivity contribution in [3.8, 4) is 0 Å². The minimum Gasteiger partial charge on any atom is -0.477 e. The van der Waals surface area contributed by atoms with Crippen LogP contribution in [0.1, 0.15) is 30.4 Å². The molecule has 0 spiro atoms. The van der Waals surface area contributed by atoms with Crippen molar-refractivity contribution >= 4 is 22.6 Å². The molecule has 26 heavy (non-hydrogen) atoms. The second-order valence-electron chi connectivity index (χ2n) is 6.43. The standard InChI is InChI=1S/C17H19F2N3O4/c1-8-6-21(4-3-20-8)15-12(18)5-10-14(13(15)19)22(9(2)23)7-11(16(10)24)17(25)26/h5,7-9,20,23H,3-4,6H2,1-2H3,(H,25,26). The topological polar surface area (TPSA) is 94.8 Å².